The van der Waals surface area contributed by atoms with Gasteiger partial charge in [-0.1, -0.05) is 19.0 Å². The quantitative estimate of drug-likeness (QED) is 0.855. The maximum Gasteiger partial charge on any atom is 0.228 e. The van der Waals surface area contributed by atoms with E-state index in [-0.39, 0.29) is 0 Å². The summed E-state index contributed by atoms with van der Waals surface area (Å²) in [5.74, 6) is 1.87. The van der Waals surface area contributed by atoms with E-state index in [1.165, 1.54) is 17.9 Å². The van der Waals surface area contributed by atoms with Gasteiger partial charge in [-0.2, -0.15) is 9.36 Å². The molecule has 0 bridgehead atoms. The number of hydrogen-bond acceptors (Lipinski definition) is 7. The van der Waals surface area contributed by atoms with Crippen molar-refractivity contribution in [1.29, 1.82) is 0 Å². The van der Waals surface area contributed by atoms with E-state index in [0.29, 0.717) is 18.2 Å². The summed E-state index contributed by atoms with van der Waals surface area (Å²) < 4.78 is 9.13. The molecule has 0 amide bonds. The van der Waals surface area contributed by atoms with Gasteiger partial charge in [0, 0.05) is 30.4 Å². The van der Waals surface area contributed by atoms with Crippen LogP contribution in [0.4, 0.5) is 5.13 Å². The highest BCUT2D eigenvalue weighted by Gasteiger charge is 2.07. The SMILES string of the molecule is CC(C)c1nsc(NCCc2ncno2)n1. The zero-order valence-electron chi connectivity index (χ0n) is 9.17. The highest BCUT2D eigenvalue weighted by atomic mass is 32.1. The molecule has 0 aliphatic carbocycles. The molecule has 86 valence electrons. The van der Waals surface area contributed by atoms with E-state index in [9.17, 15) is 0 Å². The summed E-state index contributed by atoms with van der Waals surface area (Å²) in [5.41, 5.74) is 0. The first-order chi connectivity index (χ1) is 7.75. The molecule has 0 unspecified atom stereocenters. The topological polar surface area (TPSA) is 76.7 Å². The first kappa shape index (κ1) is 11.0. The molecule has 0 saturated carbocycles. The summed E-state index contributed by atoms with van der Waals surface area (Å²) in [6.07, 6.45) is 2.09. The molecule has 2 heterocycles. The van der Waals surface area contributed by atoms with Gasteiger partial charge in [0.2, 0.25) is 11.0 Å². The zero-order chi connectivity index (χ0) is 11.4. The number of rotatable bonds is 5. The fourth-order valence-corrected chi connectivity index (χ4v) is 1.86. The predicted molar refractivity (Wildman–Crippen MR) is 60.5 cm³/mol. The summed E-state index contributed by atoms with van der Waals surface area (Å²) >= 11 is 1.38. The second-order valence-electron chi connectivity index (χ2n) is 3.62. The fraction of sp³-hybridized carbons (Fsp3) is 0.556. The standard InChI is InChI=1S/C9H13N5OS/c1-6(2)8-13-9(16-14-8)10-4-3-7-11-5-12-15-7/h5-6H,3-4H2,1-2H3,(H,10,13,14). The molecule has 2 aromatic rings. The van der Waals surface area contributed by atoms with Crippen LogP contribution in [0.25, 0.3) is 0 Å². The lowest BCUT2D eigenvalue weighted by Gasteiger charge is -1.98. The van der Waals surface area contributed by atoms with E-state index >= 15 is 0 Å². The van der Waals surface area contributed by atoms with Crippen LogP contribution in [0.3, 0.4) is 0 Å². The fourth-order valence-electron chi connectivity index (χ4n) is 1.12. The molecule has 0 aliphatic heterocycles. The summed E-state index contributed by atoms with van der Waals surface area (Å²) in [4.78, 5) is 8.29. The van der Waals surface area contributed by atoms with E-state index in [4.69, 9.17) is 4.52 Å². The normalized spacial score (nSPS) is 10.9. The van der Waals surface area contributed by atoms with Crippen LogP contribution in [0.5, 0.6) is 0 Å². The molecule has 16 heavy (non-hydrogen) atoms. The molecule has 1 N–H and O–H groups in total. The zero-order valence-corrected chi connectivity index (χ0v) is 9.99. The van der Waals surface area contributed by atoms with Gasteiger partial charge >= 0.3 is 0 Å². The summed E-state index contributed by atoms with van der Waals surface area (Å²) in [6.45, 7) is 4.86. The molecule has 0 saturated heterocycles. The number of nitrogens with one attached hydrogen (secondary N) is 1. The second-order valence-corrected chi connectivity index (χ2v) is 4.38. The van der Waals surface area contributed by atoms with Crippen molar-refractivity contribution in [2.75, 3.05) is 11.9 Å². The van der Waals surface area contributed by atoms with Crippen molar-refractivity contribution in [2.45, 2.75) is 26.2 Å². The smallest absolute Gasteiger partial charge is 0.228 e. The van der Waals surface area contributed by atoms with E-state index in [0.717, 1.165) is 17.5 Å². The van der Waals surface area contributed by atoms with Gasteiger partial charge in [0.1, 0.15) is 5.82 Å². The first-order valence-electron chi connectivity index (χ1n) is 5.08. The Morgan fingerprint density at radius 3 is 3.00 bits per heavy atom. The van der Waals surface area contributed by atoms with Gasteiger partial charge in [0.05, 0.1) is 0 Å². The maximum atomic E-state index is 4.88. The van der Waals surface area contributed by atoms with Gasteiger partial charge in [-0.15, -0.1) is 0 Å². The third-order valence-electron chi connectivity index (χ3n) is 1.98. The molecular weight excluding hydrogens is 226 g/mol. The van der Waals surface area contributed by atoms with Crippen LogP contribution in [0.1, 0.15) is 31.5 Å². The molecule has 6 nitrogen and oxygen atoms in total. The third-order valence-corrected chi connectivity index (χ3v) is 2.67. The van der Waals surface area contributed by atoms with Crippen LogP contribution in [0.2, 0.25) is 0 Å². The summed E-state index contributed by atoms with van der Waals surface area (Å²) in [5, 5.41) is 7.55. The average Bonchev–Trinajstić information content (AvgIpc) is 2.87. The van der Waals surface area contributed by atoms with Crippen molar-refractivity contribution in [2.24, 2.45) is 0 Å². The lowest BCUT2D eigenvalue weighted by atomic mass is 10.2. The van der Waals surface area contributed by atoms with E-state index in [1.807, 2.05) is 0 Å². The van der Waals surface area contributed by atoms with Crippen molar-refractivity contribution in [3.63, 3.8) is 0 Å². The summed E-state index contributed by atoms with van der Waals surface area (Å²) in [6, 6.07) is 0. The van der Waals surface area contributed by atoms with Gasteiger partial charge in [0.25, 0.3) is 0 Å². The largest absolute Gasteiger partial charge is 0.360 e. The van der Waals surface area contributed by atoms with Gasteiger partial charge in [-0.25, -0.2) is 4.98 Å². The van der Waals surface area contributed by atoms with E-state index in [1.54, 1.807) is 0 Å². The number of nitrogens with zero attached hydrogens (tertiary/aromatic N) is 4. The van der Waals surface area contributed by atoms with Crippen molar-refractivity contribution in [3.8, 4) is 0 Å². The molecule has 0 spiro atoms. The Kier molecular flexibility index (Phi) is 3.45. The Labute approximate surface area is 97.3 Å². The lowest BCUT2D eigenvalue weighted by Crippen LogP contribution is -2.04. The van der Waals surface area contributed by atoms with Crippen LogP contribution in [0.15, 0.2) is 10.9 Å². The Bertz CT molecular complexity index is 425. The molecule has 0 atom stereocenters. The van der Waals surface area contributed by atoms with Gasteiger partial charge < -0.3 is 9.84 Å². The van der Waals surface area contributed by atoms with Crippen molar-refractivity contribution >= 4 is 16.7 Å². The molecule has 0 fully saturated rings. The Morgan fingerprint density at radius 1 is 1.50 bits per heavy atom. The third kappa shape index (κ3) is 2.75. The maximum absolute atomic E-state index is 4.88. The monoisotopic (exact) mass is 239 g/mol. The highest BCUT2D eigenvalue weighted by molar-refractivity contribution is 7.09. The van der Waals surface area contributed by atoms with E-state index in [2.05, 4.69) is 38.7 Å². The van der Waals surface area contributed by atoms with Crippen molar-refractivity contribution < 1.29 is 4.52 Å². The first-order valence-corrected chi connectivity index (χ1v) is 5.86. The number of hydrogen-bond donors (Lipinski definition) is 1. The predicted octanol–water partition coefficient (Wildman–Crippen LogP) is 1.70. The Balaban J connectivity index is 1.81. The Hall–Kier alpha value is -1.50. The van der Waals surface area contributed by atoms with Gasteiger partial charge in [-0.3, -0.25) is 0 Å². The molecule has 2 aromatic heterocycles. The number of anilines is 1. The van der Waals surface area contributed by atoms with Crippen molar-refractivity contribution in [1.82, 2.24) is 19.5 Å². The average molecular weight is 239 g/mol. The minimum absolute atomic E-state index is 0.364. The molecule has 2 rings (SSSR count). The highest BCUT2D eigenvalue weighted by Crippen LogP contribution is 2.16. The number of aromatic nitrogens is 4. The van der Waals surface area contributed by atoms with Crippen LogP contribution < -0.4 is 5.32 Å². The van der Waals surface area contributed by atoms with Crippen LogP contribution in [-0.2, 0) is 6.42 Å². The lowest BCUT2D eigenvalue weighted by molar-refractivity contribution is 0.380. The minimum Gasteiger partial charge on any atom is -0.360 e. The molecule has 0 radical (unpaired) electrons. The molecule has 0 aliphatic rings. The van der Waals surface area contributed by atoms with Crippen LogP contribution >= 0.6 is 11.5 Å². The molecule has 0 aromatic carbocycles. The van der Waals surface area contributed by atoms with Crippen LogP contribution in [-0.4, -0.2) is 26.0 Å². The summed E-state index contributed by atoms with van der Waals surface area (Å²) in [7, 11) is 0. The van der Waals surface area contributed by atoms with Crippen LogP contribution in [0, 0.1) is 0 Å². The molecule has 7 heteroatoms. The minimum atomic E-state index is 0.364. The van der Waals surface area contributed by atoms with Crippen molar-refractivity contribution in [3.05, 3.63) is 18.0 Å². The van der Waals surface area contributed by atoms with Gasteiger partial charge in [0.15, 0.2) is 6.33 Å². The molecular formula is C9H13N5OS. The second kappa shape index (κ2) is 5.02. The van der Waals surface area contributed by atoms with E-state index < -0.39 is 0 Å². The van der Waals surface area contributed by atoms with Gasteiger partial charge in [-0.05, 0) is 0 Å². The Morgan fingerprint density at radius 2 is 2.38 bits per heavy atom.